The Hall–Kier alpha value is -2.64. The molecular weight excluding hydrogens is 384 g/mol. The van der Waals surface area contributed by atoms with Crippen LogP contribution in [0.15, 0.2) is 65.5 Å². The van der Waals surface area contributed by atoms with Crippen LogP contribution in [-0.2, 0) is 17.8 Å². The average Bonchev–Trinajstić information content (AvgIpc) is 3.53. The number of furan rings is 1. The smallest absolute Gasteiger partial charge is 0.170 e. The zero-order valence-corrected chi connectivity index (χ0v) is 16.9. The molecule has 0 aliphatic carbocycles. The molecular formula is C22H24N4O2S. The Labute approximate surface area is 175 Å². The predicted octanol–water partition coefficient (Wildman–Crippen LogP) is 3.83. The molecule has 6 nitrogen and oxygen atoms in total. The van der Waals surface area contributed by atoms with Crippen LogP contribution in [0.4, 0.5) is 0 Å². The van der Waals surface area contributed by atoms with Gasteiger partial charge in [0.25, 0.3) is 0 Å². The summed E-state index contributed by atoms with van der Waals surface area (Å²) in [6.45, 7) is 2.32. The molecule has 150 valence electrons. The largest absolute Gasteiger partial charge is 0.467 e. The second kappa shape index (κ2) is 8.00. The van der Waals surface area contributed by atoms with Crippen molar-refractivity contribution in [3.05, 3.63) is 78.3 Å². The van der Waals surface area contributed by atoms with Gasteiger partial charge in [-0.3, -0.25) is 4.98 Å². The fraction of sp³-hybridized carbons (Fsp3) is 0.364. The van der Waals surface area contributed by atoms with Gasteiger partial charge in [-0.1, -0.05) is 6.07 Å². The van der Waals surface area contributed by atoms with Crippen LogP contribution in [0.2, 0.25) is 0 Å². The maximum atomic E-state index is 5.89. The highest BCUT2D eigenvalue weighted by Crippen LogP contribution is 2.39. The number of aromatic nitrogens is 2. The molecule has 2 fully saturated rings. The van der Waals surface area contributed by atoms with E-state index in [4.69, 9.17) is 21.4 Å². The predicted molar refractivity (Wildman–Crippen MR) is 113 cm³/mol. The second-order valence-corrected chi connectivity index (χ2v) is 7.94. The van der Waals surface area contributed by atoms with Gasteiger partial charge in [-0.2, -0.15) is 0 Å². The molecule has 2 aliphatic rings. The lowest BCUT2D eigenvalue weighted by molar-refractivity contribution is 0.0952. The Bertz CT molecular complexity index is 950. The van der Waals surface area contributed by atoms with Crippen LogP contribution in [0.3, 0.4) is 0 Å². The summed E-state index contributed by atoms with van der Waals surface area (Å²) in [7, 11) is 0. The highest BCUT2D eigenvalue weighted by Gasteiger charge is 2.41. The third-order valence-corrected chi connectivity index (χ3v) is 6.05. The van der Waals surface area contributed by atoms with E-state index in [0.29, 0.717) is 11.7 Å². The van der Waals surface area contributed by atoms with E-state index in [2.05, 4.69) is 44.2 Å². The van der Waals surface area contributed by atoms with Crippen molar-refractivity contribution in [1.82, 2.24) is 19.8 Å². The molecule has 3 aromatic rings. The molecule has 3 unspecified atom stereocenters. The van der Waals surface area contributed by atoms with E-state index >= 15 is 0 Å². The monoisotopic (exact) mass is 408 g/mol. The van der Waals surface area contributed by atoms with Crippen molar-refractivity contribution < 1.29 is 9.15 Å². The minimum atomic E-state index is -0.0307. The van der Waals surface area contributed by atoms with Gasteiger partial charge in [-0.05, 0) is 61.5 Å². The normalized spacial score (nSPS) is 24.2. The number of rotatable bonds is 6. The molecule has 2 aliphatic heterocycles. The fourth-order valence-corrected chi connectivity index (χ4v) is 4.64. The van der Waals surface area contributed by atoms with E-state index < -0.39 is 0 Å². The summed E-state index contributed by atoms with van der Waals surface area (Å²) in [6, 6.07) is 14.2. The highest BCUT2D eigenvalue weighted by atomic mass is 32.1. The molecule has 0 aromatic carbocycles. The van der Waals surface area contributed by atoms with E-state index in [9.17, 15) is 0 Å². The molecule has 0 amide bonds. The topological polar surface area (TPSA) is 55.5 Å². The van der Waals surface area contributed by atoms with E-state index in [0.717, 1.165) is 37.4 Å². The summed E-state index contributed by atoms with van der Waals surface area (Å²) in [5.74, 6) is 0.887. The van der Waals surface area contributed by atoms with Crippen LogP contribution >= 0.6 is 12.2 Å². The number of ether oxygens (including phenoxy) is 1. The first-order valence-electron chi connectivity index (χ1n) is 10.1. The Kier molecular flexibility index (Phi) is 5.08. The highest BCUT2D eigenvalue weighted by molar-refractivity contribution is 7.80. The van der Waals surface area contributed by atoms with Gasteiger partial charge in [0.05, 0.1) is 36.7 Å². The number of hydrogen-bond donors (Lipinski definition) is 1. The molecule has 5 heterocycles. The summed E-state index contributed by atoms with van der Waals surface area (Å²) in [4.78, 5) is 6.82. The summed E-state index contributed by atoms with van der Waals surface area (Å²) in [5.41, 5.74) is 2.18. The van der Waals surface area contributed by atoms with Crippen molar-refractivity contribution in [2.24, 2.45) is 0 Å². The first kappa shape index (κ1) is 18.4. The summed E-state index contributed by atoms with van der Waals surface area (Å²) < 4.78 is 13.8. The van der Waals surface area contributed by atoms with Gasteiger partial charge >= 0.3 is 0 Å². The van der Waals surface area contributed by atoms with Crippen LogP contribution in [0.1, 0.15) is 42.1 Å². The van der Waals surface area contributed by atoms with Crippen molar-refractivity contribution in [3.8, 4) is 0 Å². The standard InChI is InChI=1S/C22H24N4O2S/c29-22-24-20(18-8-1-2-10-23-18)21(26(22)15-17-7-5-13-28-17)19-9-3-11-25(19)14-16-6-4-12-27-16/h1-3,5,7-11,13,16,20-21H,4,6,12,14-15H2,(H,24,29). The zero-order chi connectivity index (χ0) is 19.6. The minimum Gasteiger partial charge on any atom is -0.467 e. The Balaban J connectivity index is 1.51. The second-order valence-electron chi connectivity index (χ2n) is 7.55. The number of thiocarbonyl (C=S) groups is 1. The van der Waals surface area contributed by atoms with Crippen LogP contribution in [0, 0.1) is 0 Å². The molecule has 3 aromatic heterocycles. The fourth-order valence-electron chi connectivity index (χ4n) is 4.34. The first-order valence-corrected chi connectivity index (χ1v) is 10.5. The SMILES string of the molecule is S=C1NC(c2ccccn2)C(c2cccn2CC2CCCO2)N1Cc1ccco1. The quantitative estimate of drug-likeness (QED) is 0.626. The van der Waals surface area contributed by atoms with Gasteiger partial charge in [-0.25, -0.2) is 0 Å². The van der Waals surface area contributed by atoms with Gasteiger partial charge in [0.15, 0.2) is 5.11 Å². The van der Waals surface area contributed by atoms with E-state index in [1.165, 1.54) is 5.69 Å². The number of pyridine rings is 1. The molecule has 0 radical (unpaired) electrons. The third kappa shape index (κ3) is 3.68. The molecule has 29 heavy (non-hydrogen) atoms. The molecule has 0 saturated carbocycles. The van der Waals surface area contributed by atoms with Gasteiger partial charge in [0, 0.05) is 31.2 Å². The maximum Gasteiger partial charge on any atom is 0.170 e. The van der Waals surface area contributed by atoms with Crippen molar-refractivity contribution in [1.29, 1.82) is 0 Å². The average molecular weight is 409 g/mol. The number of nitrogens with zero attached hydrogens (tertiary/aromatic N) is 3. The van der Waals surface area contributed by atoms with Gasteiger partial charge in [0.1, 0.15) is 5.76 Å². The summed E-state index contributed by atoms with van der Waals surface area (Å²) in [6.07, 6.45) is 8.19. The van der Waals surface area contributed by atoms with Crippen molar-refractivity contribution in [3.63, 3.8) is 0 Å². The Morgan fingerprint density at radius 3 is 2.90 bits per heavy atom. The first-order chi connectivity index (χ1) is 14.3. The van der Waals surface area contributed by atoms with Gasteiger partial charge in [-0.15, -0.1) is 0 Å². The van der Waals surface area contributed by atoms with Crippen LogP contribution in [-0.4, -0.2) is 32.3 Å². The zero-order valence-electron chi connectivity index (χ0n) is 16.1. The molecule has 7 heteroatoms. The van der Waals surface area contributed by atoms with Gasteiger partial charge in [0.2, 0.25) is 0 Å². The molecule has 0 spiro atoms. The number of hydrogen-bond acceptors (Lipinski definition) is 4. The van der Waals surface area contributed by atoms with Crippen LogP contribution in [0.5, 0.6) is 0 Å². The van der Waals surface area contributed by atoms with Crippen molar-refractivity contribution >= 4 is 17.3 Å². The maximum absolute atomic E-state index is 5.89. The molecule has 3 atom stereocenters. The Morgan fingerprint density at radius 1 is 1.17 bits per heavy atom. The van der Waals surface area contributed by atoms with Crippen LogP contribution in [0.25, 0.3) is 0 Å². The van der Waals surface area contributed by atoms with Crippen molar-refractivity contribution in [2.45, 2.75) is 44.1 Å². The van der Waals surface area contributed by atoms with Gasteiger partial charge < -0.3 is 23.9 Å². The van der Waals surface area contributed by atoms with Crippen LogP contribution < -0.4 is 5.32 Å². The lowest BCUT2D eigenvalue weighted by Gasteiger charge is -2.28. The van der Waals surface area contributed by atoms with E-state index in [-0.39, 0.29) is 18.2 Å². The lowest BCUT2D eigenvalue weighted by atomic mass is 10.0. The Morgan fingerprint density at radius 2 is 2.14 bits per heavy atom. The summed E-state index contributed by atoms with van der Waals surface area (Å²) >= 11 is 5.74. The van der Waals surface area contributed by atoms with E-state index in [1.54, 1.807) is 6.26 Å². The third-order valence-electron chi connectivity index (χ3n) is 5.70. The molecule has 1 N–H and O–H groups in total. The lowest BCUT2D eigenvalue weighted by Crippen LogP contribution is -2.30. The molecule has 0 bridgehead atoms. The number of nitrogens with one attached hydrogen (secondary N) is 1. The van der Waals surface area contributed by atoms with E-state index in [1.807, 2.05) is 30.5 Å². The molecule has 5 rings (SSSR count). The minimum absolute atomic E-state index is 0.0129. The van der Waals surface area contributed by atoms with Crippen molar-refractivity contribution in [2.75, 3.05) is 6.61 Å². The molecule has 2 saturated heterocycles. The summed E-state index contributed by atoms with van der Waals surface area (Å²) in [5, 5.41) is 4.22.